The Morgan fingerprint density at radius 2 is 1.89 bits per heavy atom. The lowest BCUT2D eigenvalue weighted by atomic mass is 10.0. The van der Waals surface area contributed by atoms with E-state index in [9.17, 15) is 9.59 Å². The van der Waals surface area contributed by atoms with Crippen LogP contribution in [0.25, 0.3) is 21.7 Å². The average Bonchev–Trinajstić information content (AvgIpc) is 2.89. The third-order valence-corrected chi connectivity index (χ3v) is 6.44. The van der Waals surface area contributed by atoms with Gasteiger partial charge in [0.1, 0.15) is 11.6 Å². The number of carbonyl (C=O) groups is 1. The van der Waals surface area contributed by atoms with Crippen LogP contribution in [-0.4, -0.2) is 40.5 Å². The van der Waals surface area contributed by atoms with E-state index in [0.717, 1.165) is 11.3 Å². The lowest BCUT2D eigenvalue weighted by Gasteiger charge is -2.19. The van der Waals surface area contributed by atoms with Gasteiger partial charge in [-0.2, -0.15) is 0 Å². The van der Waals surface area contributed by atoms with Crippen LogP contribution in [0.1, 0.15) is 25.8 Å². The first-order chi connectivity index (χ1) is 18.2. The van der Waals surface area contributed by atoms with Crippen LogP contribution in [0.4, 0.5) is 15.0 Å². The van der Waals surface area contributed by atoms with Crippen LogP contribution in [0.15, 0.2) is 53.5 Å². The van der Waals surface area contributed by atoms with Crippen LogP contribution in [0.2, 0.25) is 0 Å². The Bertz CT molecular complexity index is 1520. The van der Waals surface area contributed by atoms with Crippen LogP contribution < -0.4 is 25.7 Å². The summed E-state index contributed by atoms with van der Waals surface area (Å²) in [5, 5.41) is 16.0. The van der Waals surface area contributed by atoms with E-state index in [1.165, 1.54) is 16.7 Å². The summed E-state index contributed by atoms with van der Waals surface area (Å²) >= 11 is 0. The van der Waals surface area contributed by atoms with Gasteiger partial charge in [-0.05, 0) is 49.1 Å². The fourth-order valence-electron chi connectivity index (χ4n) is 4.56. The number of halogens is 1. The molecule has 3 N–H and O–H groups in total. The first-order valence-corrected chi connectivity index (χ1v) is 12.3. The molecule has 0 saturated carbocycles. The highest BCUT2D eigenvalue weighted by Crippen LogP contribution is 2.31. The predicted octanol–water partition coefficient (Wildman–Crippen LogP) is 4.91. The molecule has 0 aliphatic heterocycles. The summed E-state index contributed by atoms with van der Waals surface area (Å²) in [7, 11) is 3.24. The second-order valence-electron chi connectivity index (χ2n) is 9.45. The van der Waals surface area contributed by atoms with Crippen molar-refractivity contribution in [1.29, 1.82) is 0 Å². The molecule has 0 spiro atoms. The zero-order chi connectivity index (χ0) is 27.4. The van der Waals surface area contributed by atoms with E-state index in [4.69, 9.17) is 14.6 Å². The Balaban J connectivity index is 1.61. The molecule has 2 unspecified atom stereocenters. The molecule has 0 bridgehead atoms. The van der Waals surface area contributed by atoms with E-state index in [1.807, 2.05) is 31.2 Å². The Hall–Kier alpha value is -4.34. The molecule has 4 aromatic rings. The zero-order valence-electron chi connectivity index (χ0n) is 21.7. The van der Waals surface area contributed by atoms with E-state index in [0.29, 0.717) is 40.5 Å². The van der Waals surface area contributed by atoms with E-state index in [1.54, 1.807) is 33.3 Å². The molecule has 0 radical (unpaired) electrons. The minimum Gasteiger partial charge on any atom is -0.497 e. The number of ether oxygens (including phenoxy) is 2. The number of amides is 1. The molecule has 9 nitrogen and oxygen atoms in total. The molecule has 1 amide bonds. The van der Waals surface area contributed by atoms with E-state index in [2.05, 4.69) is 15.6 Å². The molecule has 10 heteroatoms. The van der Waals surface area contributed by atoms with Crippen molar-refractivity contribution in [2.24, 2.45) is 13.0 Å². The molecule has 2 atom stereocenters. The normalized spacial score (nSPS) is 12.8. The van der Waals surface area contributed by atoms with Crippen molar-refractivity contribution in [2.75, 3.05) is 19.0 Å². The molecule has 2 aromatic heterocycles. The number of nitrogens with one attached hydrogen (secondary N) is 2. The van der Waals surface area contributed by atoms with Crippen LogP contribution in [-0.2, 0) is 13.6 Å². The minimum atomic E-state index is -1.09. The third-order valence-electron chi connectivity index (χ3n) is 6.44. The van der Waals surface area contributed by atoms with Gasteiger partial charge in [-0.15, -0.1) is 0 Å². The van der Waals surface area contributed by atoms with Gasteiger partial charge in [0, 0.05) is 42.7 Å². The molecule has 0 fully saturated rings. The summed E-state index contributed by atoms with van der Waals surface area (Å²) in [5.41, 5.74) is 1.24. The van der Waals surface area contributed by atoms with Gasteiger partial charge in [0.2, 0.25) is 0 Å². The summed E-state index contributed by atoms with van der Waals surface area (Å²) in [6.45, 7) is 4.29. The summed E-state index contributed by atoms with van der Waals surface area (Å²) in [6, 6.07) is 11.9. The molecule has 38 heavy (non-hydrogen) atoms. The summed E-state index contributed by atoms with van der Waals surface area (Å²) in [4.78, 5) is 28.6. The summed E-state index contributed by atoms with van der Waals surface area (Å²) in [6.07, 6.45) is 1.03. The lowest BCUT2D eigenvalue weighted by Crippen LogP contribution is -2.33. The predicted molar refractivity (Wildman–Crippen MR) is 145 cm³/mol. The number of fused-ring (bicyclic) bond motifs is 3. The highest BCUT2D eigenvalue weighted by Gasteiger charge is 2.18. The zero-order valence-corrected chi connectivity index (χ0v) is 21.7. The highest BCUT2D eigenvalue weighted by atomic mass is 19.1. The molecular weight excluding hydrogens is 491 g/mol. The maximum absolute atomic E-state index is 15.2. The van der Waals surface area contributed by atoms with Crippen molar-refractivity contribution < 1.29 is 23.8 Å². The maximum Gasteiger partial charge on any atom is 0.404 e. The number of rotatable bonds is 10. The largest absolute Gasteiger partial charge is 0.497 e. The number of hydrogen-bond donors (Lipinski definition) is 3. The SMILES string of the molecule is COc1ccc(CNc2nccc3c2c(=O)n(C)c2cc(OCC(C)CC(C)NC(=O)O)c(F)cc32)cc1. The molecule has 0 aliphatic rings. The molecule has 200 valence electrons. The standard InChI is InChI=1S/C28H31FN4O5/c1-16(11-17(2)32-28(35)36)15-38-24-13-23-21(12-22(24)29)20-9-10-30-26(25(20)27(34)33(23)3)31-14-18-5-7-19(37-4)8-6-18/h5-10,12-13,16-17,32H,11,14-15H2,1-4H3,(H,30,31)(H,35,36). The number of nitrogens with zero attached hydrogens (tertiary/aromatic N) is 2. The second-order valence-corrected chi connectivity index (χ2v) is 9.45. The lowest BCUT2D eigenvalue weighted by molar-refractivity contribution is 0.185. The van der Waals surface area contributed by atoms with E-state index < -0.39 is 11.9 Å². The monoisotopic (exact) mass is 522 g/mol. The van der Waals surface area contributed by atoms with Crippen molar-refractivity contribution in [3.8, 4) is 11.5 Å². The van der Waals surface area contributed by atoms with Crippen molar-refractivity contribution in [3.05, 3.63) is 70.4 Å². The van der Waals surface area contributed by atoms with Crippen molar-refractivity contribution in [1.82, 2.24) is 14.9 Å². The number of aryl methyl sites for hydroxylation is 1. The number of anilines is 1. The van der Waals surface area contributed by atoms with Crippen molar-refractivity contribution in [2.45, 2.75) is 32.9 Å². The molecule has 0 aliphatic carbocycles. The Kier molecular flexibility index (Phi) is 7.99. The fraction of sp³-hybridized carbons (Fsp3) is 0.321. The molecular formula is C28H31FN4O5. The van der Waals surface area contributed by atoms with Gasteiger partial charge in [0.25, 0.3) is 5.56 Å². The van der Waals surface area contributed by atoms with Crippen LogP contribution in [0, 0.1) is 11.7 Å². The molecule has 2 heterocycles. The van der Waals surface area contributed by atoms with Gasteiger partial charge >= 0.3 is 6.09 Å². The second kappa shape index (κ2) is 11.4. The quantitative estimate of drug-likeness (QED) is 0.254. The topological polar surface area (TPSA) is 115 Å². The molecule has 0 saturated heterocycles. The molecule has 2 aromatic carbocycles. The Morgan fingerprint density at radius 3 is 2.58 bits per heavy atom. The van der Waals surface area contributed by atoms with Gasteiger partial charge in [0.15, 0.2) is 11.6 Å². The van der Waals surface area contributed by atoms with Crippen molar-refractivity contribution >= 4 is 33.6 Å². The average molecular weight is 523 g/mol. The van der Waals surface area contributed by atoms with Crippen molar-refractivity contribution in [3.63, 3.8) is 0 Å². The summed E-state index contributed by atoms with van der Waals surface area (Å²) in [5.74, 6) is 0.620. The number of benzene rings is 2. The first kappa shape index (κ1) is 26.7. The smallest absolute Gasteiger partial charge is 0.404 e. The maximum atomic E-state index is 15.2. The van der Waals surface area contributed by atoms with Gasteiger partial charge in [-0.1, -0.05) is 19.1 Å². The number of pyridine rings is 2. The number of hydrogen-bond acceptors (Lipinski definition) is 6. The number of methoxy groups -OCH3 is 1. The van der Waals surface area contributed by atoms with Gasteiger partial charge in [-0.25, -0.2) is 14.2 Å². The fourth-order valence-corrected chi connectivity index (χ4v) is 4.56. The molecule has 4 rings (SSSR count). The Morgan fingerprint density at radius 1 is 1.16 bits per heavy atom. The van der Waals surface area contributed by atoms with Crippen LogP contribution in [0.5, 0.6) is 11.5 Å². The highest BCUT2D eigenvalue weighted by molar-refractivity contribution is 6.09. The summed E-state index contributed by atoms with van der Waals surface area (Å²) < 4.78 is 27.6. The van der Waals surface area contributed by atoms with Gasteiger partial charge < -0.3 is 29.8 Å². The van der Waals surface area contributed by atoms with E-state index in [-0.39, 0.29) is 29.9 Å². The Labute approximate surface area is 219 Å². The van der Waals surface area contributed by atoms with Gasteiger partial charge in [0.05, 0.1) is 24.6 Å². The van der Waals surface area contributed by atoms with E-state index >= 15 is 4.39 Å². The van der Waals surface area contributed by atoms with Gasteiger partial charge in [-0.3, -0.25) is 4.79 Å². The van der Waals surface area contributed by atoms with Crippen LogP contribution in [0.3, 0.4) is 0 Å². The van der Waals surface area contributed by atoms with Crippen LogP contribution >= 0.6 is 0 Å². The first-order valence-electron chi connectivity index (χ1n) is 12.3. The number of carboxylic acid groups (broad SMARTS) is 1. The third kappa shape index (κ3) is 5.80. The number of aromatic nitrogens is 2. The minimum absolute atomic E-state index is 0.0298.